The number of anilines is 1. The number of fused-ring (bicyclic) bond motifs is 1. The number of nitrogens with one attached hydrogen (secondary N) is 1. The fourth-order valence-electron chi connectivity index (χ4n) is 4.37. The molecule has 1 amide bonds. The molecule has 1 aliphatic heterocycles. The molecule has 1 aromatic heterocycles. The van der Waals surface area contributed by atoms with Gasteiger partial charge in [-0.2, -0.15) is 5.10 Å². The Kier molecular flexibility index (Phi) is 6.57. The number of nitrogens with zero attached hydrogens (tertiary/aromatic N) is 3. The Balaban J connectivity index is 1.31. The summed E-state index contributed by atoms with van der Waals surface area (Å²) in [5.74, 6) is -0.235. The Hall–Kier alpha value is -3.28. The minimum absolute atomic E-state index is 0.235. The van der Waals surface area contributed by atoms with Crippen molar-refractivity contribution in [2.24, 2.45) is 5.10 Å². The van der Waals surface area contributed by atoms with Crippen LogP contribution in [0.2, 0.25) is 10.0 Å². The van der Waals surface area contributed by atoms with Crippen LogP contribution >= 0.6 is 23.2 Å². The molecule has 0 bridgehead atoms. The topological polar surface area (TPSA) is 49.6 Å². The zero-order chi connectivity index (χ0) is 23.5. The van der Waals surface area contributed by atoms with E-state index in [-0.39, 0.29) is 5.91 Å². The fraction of sp³-hybridized carbons (Fsp3) is 0.185. The van der Waals surface area contributed by atoms with Crippen molar-refractivity contribution < 1.29 is 4.79 Å². The molecule has 0 radical (unpaired) electrons. The monoisotopic (exact) mass is 490 g/mol. The van der Waals surface area contributed by atoms with Crippen molar-refractivity contribution >= 4 is 51.9 Å². The van der Waals surface area contributed by atoms with Crippen LogP contribution in [-0.2, 0) is 6.54 Å². The number of hydrogen-bond acceptors (Lipinski definition) is 3. The highest BCUT2D eigenvalue weighted by atomic mass is 35.5. The number of hydrazone groups is 1. The Morgan fingerprint density at radius 1 is 1.00 bits per heavy atom. The van der Waals surface area contributed by atoms with Crippen LogP contribution < -0.4 is 10.3 Å². The van der Waals surface area contributed by atoms with Gasteiger partial charge in [0.15, 0.2) is 0 Å². The Morgan fingerprint density at radius 2 is 1.76 bits per heavy atom. The van der Waals surface area contributed by atoms with Gasteiger partial charge in [0.1, 0.15) is 0 Å². The minimum Gasteiger partial charge on any atom is -0.372 e. The number of halogens is 2. The van der Waals surface area contributed by atoms with Gasteiger partial charge in [-0.05, 0) is 60.9 Å². The lowest BCUT2D eigenvalue weighted by Gasteiger charge is -2.17. The molecule has 1 saturated heterocycles. The summed E-state index contributed by atoms with van der Waals surface area (Å²) >= 11 is 12.4. The van der Waals surface area contributed by atoms with Gasteiger partial charge in [-0.15, -0.1) is 0 Å². The van der Waals surface area contributed by atoms with Crippen molar-refractivity contribution in [2.75, 3.05) is 18.0 Å². The van der Waals surface area contributed by atoms with Gasteiger partial charge in [0.05, 0.1) is 6.21 Å². The molecule has 34 heavy (non-hydrogen) atoms. The van der Waals surface area contributed by atoms with Crippen LogP contribution in [0.1, 0.15) is 34.3 Å². The second-order valence-electron chi connectivity index (χ2n) is 8.41. The molecule has 0 saturated carbocycles. The number of aromatic nitrogens is 1. The quantitative estimate of drug-likeness (QED) is 0.252. The highest BCUT2D eigenvalue weighted by Gasteiger charge is 2.13. The third kappa shape index (κ3) is 4.81. The summed E-state index contributed by atoms with van der Waals surface area (Å²) in [4.78, 5) is 14.9. The van der Waals surface area contributed by atoms with Crippen LogP contribution in [0.25, 0.3) is 10.9 Å². The zero-order valence-corrected chi connectivity index (χ0v) is 20.1. The standard InChI is InChI=1S/C27H24Cl2N4O/c28-22-10-7-20(25(29)15-22)17-33-18-21(24-5-1-2-6-26(24)33)16-30-31-27(34)19-8-11-23(12-9-19)32-13-3-4-14-32/h1-2,5-12,15-16,18H,3-4,13-14,17H2,(H,31,34)/b30-16-. The fourth-order valence-corrected chi connectivity index (χ4v) is 4.83. The normalized spacial score (nSPS) is 13.8. The van der Waals surface area contributed by atoms with Crippen molar-refractivity contribution in [3.63, 3.8) is 0 Å². The summed E-state index contributed by atoms with van der Waals surface area (Å²) in [6.45, 7) is 2.75. The van der Waals surface area contributed by atoms with E-state index in [4.69, 9.17) is 23.2 Å². The summed E-state index contributed by atoms with van der Waals surface area (Å²) in [5, 5.41) is 6.51. The molecular formula is C27H24Cl2N4O. The largest absolute Gasteiger partial charge is 0.372 e. The SMILES string of the molecule is O=C(N/N=C\c1cn(Cc2ccc(Cl)cc2Cl)c2ccccc12)c1ccc(N2CCCC2)cc1. The summed E-state index contributed by atoms with van der Waals surface area (Å²) in [5.41, 5.74) is 7.32. The molecule has 7 heteroatoms. The van der Waals surface area contributed by atoms with Gasteiger partial charge in [0, 0.05) is 63.6 Å². The number of para-hydroxylation sites is 1. The van der Waals surface area contributed by atoms with E-state index in [1.807, 2.05) is 60.8 Å². The minimum atomic E-state index is -0.235. The maximum absolute atomic E-state index is 12.6. The van der Waals surface area contributed by atoms with Gasteiger partial charge in [-0.3, -0.25) is 4.79 Å². The van der Waals surface area contributed by atoms with Crippen LogP contribution in [0.3, 0.4) is 0 Å². The van der Waals surface area contributed by atoms with Gasteiger partial charge in [0.2, 0.25) is 0 Å². The zero-order valence-electron chi connectivity index (χ0n) is 18.5. The highest BCUT2D eigenvalue weighted by molar-refractivity contribution is 6.35. The van der Waals surface area contributed by atoms with Crippen LogP contribution in [0.4, 0.5) is 5.69 Å². The van der Waals surface area contributed by atoms with Gasteiger partial charge >= 0.3 is 0 Å². The van der Waals surface area contributed by atoms with Crippen LogP contribution in [0.5, 0.6) is 0 Å². The Labute approximate surface area is 208 Å². The molecule has 3 aromatic carbocycles. The molecular weight excluding hydrogens is 467 g/mol. The third-order valence-corrected chi connectivity index (χ3v) is 6.73. The summed E-state index contributed by atoms with van der Waals surface area (Å²) < 4.78 is 2.12. The van der Waals surface area contributed by atoms with E-state index in [0.717, 1.165) is 40.8 Å². The number of amides is 1. The van der Waals surface area contributed by atoms with Crippen LogP contribution in [0, 0.1) is 0 Å². The molecule has 172 valence electrons. The van der Waals surface area contributed by atoms with Gasteiger partial charge < -0.3 is 9.47 Å². The van der Waals surface area contributed by atoms with Gasteiger partial charge in [-0.1, -0.05) is 47.5 Å². The van der Waals surface area contributed by atoms with Crippen LogP contribution in [-0.4, -0.2) is 29.8 Å². The third-order valence-electron chi connectivity index (χ3n) is 6.15. The Bertz CT molecular complexity index is 1360. The summed E-state index contributed by atoms with van der Waals surface area (Å²) in [6.07, 6.45) is 6.13. The van der Waals surface area contributed by atoms with Crippen LogP contribution in [0.15, 0.2) is 78.0 Å². The predicted octanol–water partition coefficient (Wildman–Crippen LogP) is 6.36. The van der Waals surface area contributed by atoms with Gasteiger partial charge in [0.25, 0.3) is 5.91 Å². The lowest BCUT2D eigenvalue weighted by atomic mass is 10.2. The van der Waals surface area contributed by atoms with E-state index in [2.05, 4.69) is 26.1 Å². The van der Waals surface area contributed by atoms with Crippen molar-refractivity contribution in [1.82, 2.24) is 9.99 Å². The first-order valence-corrected chi connectivity index (χ1v) is 12.0. The van der Waals surface area contributed by atoms with Crippen molar-refractivity contribution in [3.05, 3.63) is 99.7 Å². The average Bonchev–Trinajstić information content (AvgIpc) is 3.50. The van der Waals surface area contributed by atoms with E-state index in [9.17, 15) is 4.79 Å². The van der Waals surface area contributed by atoms with E-state index in [1.54, 1.807) is 12.3 Å². The molecule has 2 heterocycles. The van der Waals surface area contributed by atoms with Gasteiger partial charge in [-0.25, -0.2) is 5.43 Å². The van der Waals surface area contributed by atoms with E-state index in [0.29, 0.717) is 22.2 Å². The summed E-state index contributed by atoms with van der Waals surface area (Å²) in [6, 6.07) is 21.3. The lowest BCUT2D eigenvalue weighted by Crippen LogP contribution is -2.19. The maximum atomic E-state index is 12.6. The first-order chi connectivity index (χ1) is 16.6. The number of hydrogen-bond donors (Lipinski definition) is 1. The molecule has 1 N–H and O–H groups in total. The lowest BCUT2D eigenvalue weighted by molar-refractivity contribution is 0.0955. The van der Waals surface area contributed by atoms with Crippen molar-refractivity contribution in [3.8, 4) is 0 Å². The molecule has 0 atom stereocenters. The second-order valence-corrected chi connectivity index (χ2v) is 9.25. The van der Waals surface area contributed by atoms with Crippen molar-refractivity contribution in [1.29, 1.82) is 0 Å². The molecule has 4 aromatic rings. The molecule has 1 fully saturated rings. The first kappa shape index (κ1) is 22.5. The number of benzene rings is 3. The number of carbonyl (C=O) groups excluding carboxylic acids is 1. The van der Waals surface area contributed by atoms with E-state index >= 15 is 0 Å². The maximum Gasteiger partial charge on any atom is 0.271 e. The van der Waals surface area contributed by atoms with E-state index < -0.39 is 0 Å². The molecule has 5 nitrogen and oxygen atoms in total. The average molecular weight is 491 g/mol. The number of carbonyl (C=O) groups is 1. The van der Waals surface area contributed by atoms with Crippen molar-refractivity contribution in [2.45, 2.75) is 19.4 Å². The molecule has 1 aliphatic rings. The highest BCUT2D eigenvalue weighted by Crippen LogP contribution is 2.26. The number of rotatable bonds is 6. The Morgan fingerprint density at radius 3 is 2.53 bits per heavy atom. The van der Waals surface area contributed by atoms with E-state index in [1.165, 1.54) is 12.8 Å². The second kappa shape index (κ2) is 9.92. The molecule has 0 unspecified atom stereocenters. The molecule has 0 aliphatic carbocycles. The predicted molar refractivity (Wildman–Crippen MR) is 140 cm³/mol. The first-order valence-electron chi connectivity index (χ1n) is 11.3. The summed E-state index contributed by atoms with van der Waals surface area (Å²) in [7, 11) is 0. The smallest absolute Gasteiger partial charge is 0.271 e. The molecule has 5 rings (SSSR count). The molecule has 0 spiro atoms.